The number of benzene rings is 1. The molecule has 37 heavy (non-hydrogen) atoms. The van der Waals surface area contributed by atoms with Gasteiger partial charge in [-0.15, -0.1) is 0 Å². The van der Waals surface area contributed by atoms with Crippen molar-refractivity contribution in [3.05, 3.63) is 54.4 Å². The Morgan fingerprint density at radius 3 is 2.57 bits per heavy atom. The molecule has 0 spiro atoms. The highest BCUT2D eigenvalue weighted by atomic mass is 19.1. The molecule has 2 aromatic heterocycles. The molecule has 0 radical (unpaired) electrons. The van der Waals surface area contributed by atoms with Gasteiger partial charge in [0.2, 0.25) is 5.91 Å². The van der Waals surface area contributed by atoms with E-state index >= 15 is 0 Å². The van der Waals surface area contributed by atoms with E-state index in [1.807, 2.05) is 35.9 Å². The van der Waals surface area contributed by atoms with Crippen molar-refractivity contribution >= 4 is 39.9 Å². The number of nitrogens with two attached hydrogens (primary N) is 1. The maximum absolute atomic E-state index is 13.6. The first kappa shape index (κ1) is 24.7. The third-order valence-corrected chi connectivity index (χ3v) is 7.32. The van der Waals surface area contributed by atoms with Gasteiger partial charge in [0.1, 0.15) is 24.0 Å². The number of hydrogen-bond acceptors (Lipinski definition) is 5. The Morgan fingerprint density at radius 2 is 1.95 bits per heavy atom. The first-order chi connectivity index (χ1) is 17.7. The summed E-state index contributed by atoms with van der Waals surface area (Å²) in [7, 11) is 1.95. The van der Waals surface area contributed by atoms with Crippen LogP contribution in [0.15, 0.2) is 48.8 Å². The number of nitrogens with zero attached hydrogens (tertiary/aromatic N) is 4. The number of aryl methyl sites for hydroxylation is 1. The number of likely N-dealkylation sites (tertiary alicyclic amines) is 1. The summed E-state index contributed by atoms with van der Waals surface area (Å²) < 4.78 is 15.7. The van der Waals surface area contributed by atoms with Crippen LogP contribution >= 0.6 is 0 Å². The molecule has 9 heteroatoms. The number of rotatable bonds is 5. The molecule has 1 saturated heterocycles. The summed E-state index contributed by atoms with van der Waals surface area (Å²) in [5.74, 6) is 0.0759. The molecule has 2 aliphatic rings. The van der Waals surface area contributed by atoms with Crippen LogP contribution in [0.2, 0.25) is 0 Å². The third-order valence-electron chi connectivity index (χ3n) is 7.32. The lowest BCUT2D eigenvalue weighted by Crippen LogP contribution is -2.35. The highest BCUT2D eigenvalue weighted by Crippen LogP contribution is 2.43. The van der Waals surface area contributed by atoms with Gasteiger partial charge >= 0.3 is 0 Å². The van der Waals surface area contributed by atoms with Crippen molar-refractivity contribution in [2.45, 2.75) is 38.8 Å². The van der Waals surface area contributed by atoms with Crippen molar-refractivity contribution in [2.75, 3.05) is 24.1 Å². The van der Waals surface area contributed by atoms with Gasteiger partial charge in [0, 0.05) is 36.3 Å². The minimum Gasteiger partial charge on any atom is -0.383 e. The van der Waals surface area contributed by atoms with Crippen LogP contribution in [0.3, 0.4) is 0 Å². The van der Waals surface area contributed by atoms with Gasteiger partial charge in [0.25, 0.3) is 5.91 Å². The Bertz CT molecular complexity index is 1420. The van der Waals surface area contributed by atoms with Crippen LogP contribution in [0, 0.1) is 5.92 Å². The summed E-state index contributed by atoms with van der Waals surface area (Å²) in [6, 6.07) is 7.60. The quantitative estimate of drug-likeness (QED) is 0.500. The fourth-order valence-corrected chi connectivity index (χ4v) is 5.34. The van der Waals surface area contributed by atoms with Gasteiger partial charge < -0.3 is 20.5 Å². The highest BCUT2D eigenvalue weighted by Gasteiger charge is 2.33. The van der Waals surface area contributed by atoms with Crippen molar-refractivity contribution in [3.8, 4) is 11.3 Å². The largest absolute Gasteiger partial charge is 0.383 e. The smallest absolute Gasteiger partial charge is 0.250 e. The number of allylic oxidation sites excluding steroid dienone is 2. The summed E-state index contributed by atoms with van der Waals surface area (Å²) in [5, 5.41) is 3.62. The standard InChI is InChI=1S/C28H31FN6O2/c1-16(2)27(36)33-21-10-8-18(9-11-21)24-22(23-25(30)31-15-32-26(23)34(24)3)17-4-6-19(7-5-17)28(37)35-13-12-20(29)14-35/h4,8-11,15,19-20H,1,5-7,12-14H2,2-3H3,(H,33,36)(H2,30,31,32)/t19-,20-/m1/s1. The summed E-state index contributed by atoms with van der Waals surface area (Å²) in [4.78, 5) is 35.4. The molecular weight excluding hydrogens is 471 g/mol. The molecule has 1 aliphatic carbocycles. The minimum absolute atomic E-state index is 0.0452. The number of nitrogens with one attached hydrogen (secondary N) is 1. The monoisotopic (exact) mass is 502 g/mol. The van der Waals surface area contributed by atoms with Crippen LogP contribution < -0.4 is 11.1 Å². The molecule has 192 valence electrons. The number of fused-ring (bicyclic) bond motifs is 1. The molecule has 3 N–H and O–H groups in total. The molecule has 5 rings (SSSR count). The van der Waals surface area contributed by atoms with Crippen molar-refractivity contribution in [3.63, 3.8) is 0 Å². The first-order valence-electron chi connectivity index (χ1n) is 12.5. The molecule has 8 nitrogen and oxygen atoms in total. The van der Waals surface area contributed by atoms with Crippen LogP contribution in [0.1, 0.15) is 38.2 Å². The predicted octanol–water partition coefficient (Wildman–Crippen LogP) is 4.49. The lowest BCUT2D eigenvalue weighted by atomic mass is 9.84. The average Bonchev–Trinajstić information content (AvgIpc) is 3.46. The molecule has 0 unspecified atom stereocenters. The third kappa shape index (κ3) is 4.61. The van der Waals surface area contributed by atoms with Gasteiger partial charge in [-0.25, -0.2) is 14.4 Å². The van der Waals surface area contributed by atoms with Gasteiger partial charge in [0.05, 0.1) is 17.6 Å². The Kier molecular flexibility index (Phi) is 6.54. The topological polar surface area (TPSA) is 106 Å². The first-order valence-corrected chi connectivity index (χ1v) is 12.5. The fourth-order valence-electron chi connectivity index (χ4n) is 5.34. The Morgan fingerprint density at radius 1 is 1.19 bits per heavy atom. The van der Waals surface area contributed by atoms with Crippen LogP contribution in [0.25, 0.3) is 27.9 Å². The molecular formula is C28H31FN6O2. The van der Waals surface area contributed by atoms with E-state index < -0.39 is 6.17 Å². The number of carbonyl (C=O) groups excluding carboxylic acids is 2. The lowest BCUT2D eigenvalue weighted by molar-refractivity contribution is -0.134. The average molecular weight is 503 g/mol. The summed E-state index contributed by atoms with van der Waals surface area (Å²) in [6.07, 6.45) is 5.05. The zero-order chi connectivity index (χ0) is 26.3. The number of anilines is 2. The Hall–Kier alpha value is -4.01. The van der Waals surface area contributed by atoms with Crippen LogP contribution in [0.4, 0.5) is 15.9 Å². The van der Waals surface area contributed by atoms with Crippen molar-refractivity contribution < 1.29 is 14.0 Å². The lowest BCUT2D eigenvalue weighted by Gasteiger charge is -2.26. The summed E-state index contributed by atoms with van der Waals surface area (Å²) >= 11 is 0. The van der Waals surface area contributed by atoms with Crippen LogP contribution in [-0.2, 0) is 16.6 Å². The summed E-state index contributed by atoms with van der Waals surface area (Å²) in [5.41, 5.74) is 12.1. The predicted molar refractivity (Wildman–Crippen MR) is 143 cm³/mol. The number of amides is 2. The van der Waals surface area contributed by atoms with Crippen molar-refractivity contribution in [1.82, 2.24) is 19.4 Å². The van der Waals surface area contributed by atoms with E-state index in [-0.39, 0.29) is 24.3 Å². The fraction of sp³-hybridized carbons (Fsp3) is 0.357. The van der Waals surface area contributed by atoms with Crippen molar-refractivity contribution in [2.24, 2.45) is 13.0 Å². The molecule has 0 saturated carbocycles. The second-order valence-electron chi connectivity index (χ2n) is 9.92. The summed E-state index contributed by atoms with van der Waals surface area (Å²) in [6.45, 7) is 6.04. The number of halogens is 1. The van der Waals surface area contributed by atoms with Gasteiger partial charge in [-0.05, 0) is 55.9 Å². The van der Waals surface area contributed by atoms with Gasteiger partial charge in [-0.3, -0.25) is 9.59 Å². The number of alkyl halides is 1. The van der Waals surface area contributed by atoms with E-state index in [1.165, 1.54) is 6.33 Å². The van der Waals surface area contributed by atoms with Gasteiger partial charge in [0.15, 0.2) is 0 Å². The molecule has 2 amide bonds. The normalized spacial score (nSPS) is 19.6. The second-order valence-corrected chi connectivity index (χ2v) is 9.92. The number of nitrogen functional groups attached to an aromatic ring is 1. The van der Waals surface area contributed by atoms with E-state index in [0.29, 0.717) is 49.3 Å². The van der Waals surface area contributed by atoms with E-state index in [4.69, 9.17) is 5.73 Å². The van der Waals surface area contributed by atoms with E-state index in [0.717, 1.165) is 33.4 Å². The zero-order valence-electron chi connectivity index (χ0n) is 21.1. The maximum atomic E-state index is 13.6. The highest BCUT2D eigenvalue weighted by molar-refractivity contribution is 6.05. The van der Waals surface area contributed by atoms with E-state index in [9.17, 15) is 14.0 Å². The molecule has 0 bridgehead atoms. The SMILES string of the molecule is C=C(C)C(=O)Nc1ccc(-c2c(C3=CC[C@@H](C(=O)N4CC[C@@H](F)C4)CC3)c3c(N)ncnc3n2C)cc1. The van der Waals surface area contributed by atoms with E-state index in [2.05, 4.69) is 27.9 Å². The molecule has 1 fully saturated rings. The zero-order valence-corrected chi connectivity index (χ0v) is 21.1. The second kappa shape index (κ2) is 9.80. The molecule has 1 aliphatic heterocycles. The van der Waals surface area contributed by atoms with Gasteiger partial charge in [-0.1, -0.05) is 24.8 Å². The minimum atomic E-state index is -0.916. The van der Waals surface area contributed by atoms with Crippen molar-refractivity contribution in [1.29, 1.82) is 0 Å². The van der Waals surface area contributed by atoms with Crippen LogP contribution in [0.5, 0.6) is 0 Å². The number of hydrogen-bond donors (Lipinski definition) is 2. The maximum Gasteiger partial charge on any atom is 0.250 e. The Labute approximate surface area is 215 Å². The van der Waals surface area contributed by atoms with E-state index in [1.54, 1.807) is 11.8 Å². The molecule has 1 aromatic carbocycles. The molecule has 3 aromatic rings. The molecule has 3 heterocycles. The number of carbonyl (C=O) groups is 2. The number of aromatic nitrogens is 3. The molecule has 2 atom stereocenters. The Balaban J connectivity index is 1.51. The van der Waals surface area contributed by atoms with Crippen LogP contribution in [-0.4, -0.2) is 50.5 Å². The van der Waals surface area contributed by atoms with Gasteiger partial charge in [-0.2, -0.15) is 0 Å².